The van der Waals surface area contributed by atoms with E-state index < -0.39 is 23.3 Å². The minimum absolute atomic E-state index is 0.0306. The second-order valence-electron chi connectivity index (χ2n) is 8.91. The number of rotatable bonds is 7. The molecule has 0 saturated heterocycles. The first-order valence-corrected chi connectivity index (χ1v) is 10.6. The molecule has 0 aromatic carbocycles. The van der Waals surface area contributed by atoms with Crippen molar-refractivity contribution >= 4 is 31.8 Å². The number of amides is 1. The van der Waals surface area contributed by atoms with Crippen LogP contribution in [-0.4, -0.2) is 44.7 Å². The van der Waals surface area contributed by atoms with Crippen LogP contribution in [0.25, 0.3) is 0 Å². The van der Waals surface area contributed by atoms with Crippen LogP contribution >= 0.6 is 15.9 Å². The molecule has 27 heavy (non-hydrogen) atoms. The van der Waals surface area contributed by atoms with Crippen LogP contribution in [0, 0.1) is 0 Å². The molecule has 152 valence electrons. The van der Waals surface area contributed by atoms with Gasteiger partial charge >= 0.3 is 6.09 Å². The summed E-state index contributed by atoms with van der Waals surface area (Å²) in [6, 6.07) is 1.41. The van der Waals surface area contributed by atoms with Crippen LogP contribution in [-0.2, 0) is 9.16 Å². The van der Waals surface area contributed by atoms with E-state index >= 15 is 0 Å². The van der Waals surface area contributed by atoms with Crippen molar-refractivity contribution < 1.29 is 18.7 Å². The van der Waals surface area contributed by atoms with Crippen molar-refractivity contribution in [3.63, 3.8) is 0 Å². The normalized spacial score (nSPS) is 13.8. The van der Waals surface area contributed by atoms with Gasteiger partial charge in [0.05, 0.1) is 17.8 Å². The molecule has 0 bridgehead atoms. The molecule has 6 nitrogen and oxygen atoms in total. The summed E-state index contributed by atoms with van der Waals surface area (Å²) in [5.74, 6) is 0.606. The standard InChI is InChI=1S/C19H31BrN2O4Si/c1-17(2,3)25-16(23)22-15(19(7,8)26-27-18(4,5)6)12-24-14-9-13(20)10-21-11-14/h9-11,15H,12H2,1-8H3,(H,22,23)/t15-/m1/s1. The zero-order valence-corrected chi connectivity index (χ0v) is 20.1. The average Bonchev–Trinajstić information content (AvgIpc) is 2.47. The maximum absolute atomic E-state index is 12.3. The van der Waals surface area contributed by atoms with Crippen LogP contribution in [0.1, 0.15) is 55.4 Å². The lowest BCUT2D eigenvalue weighted by atomic mass is 10.00. The number of hydrogen-bond acceptors (Lipinski definition) is 5. The number of aromatic nitrogens is 1. The Labute approximate surface area is 173 Å². The fourth-order valence-electron chi connectivity index (χ4n) is 1.87. The summed E-state index contributed by atoms with van der Waals surface area (Å²) < 4.78 is 18.2. The minimum Gasteiger partial charge on any atom is -0.490 e. The number of alkyl carbamates (subject to hydrolysis) is 1. The molecule has 0 aliphatic rings. The van der Waals surface area contributed by atoms with E-state index in [-0.39, 0.29) is 21.4 Å². The molecule has 1 amide bonds. The molecule has 1 atom stereocenters. The Kier molecular flexibility index (Phi) is 8.31. The fourth-order valence-corrected chi connectivity index (χ4v) is 2.93. The number of nitrogens with zero attached hydrogens (tertiary/aromatic N) is 1. The summed E-state index contributed by atoms with van der Waals surface area (Å²) in [5, 5.41) is 2.93. The van der Waals surface area contributed by atoms with Gasteiger partial charge in [-0.3, -0.25) is 4.98 Å². The van der Waals surface area contributed by atoms with Gasteiger partial charge in [0.1, 0.15) is 18.0 Å². The smallest absolute Gasteiger partial charge is 0.408 e. The van der Waals surface area contributed by atoms with E-state index in [1.54, 1.807) is 12.4 Å². The van der Waals surface area contributed by atoms with Crippen molar-refractivity contribution in [1.82, 2.24) is 10.3 Å². The van der Waals surface area contributed by atoms with Gasteiger partial charge < -0.3 is 19.2 Å². The number of halogens is 1. The first kappa shape index (κ1) is 23.9. The zero-order valence-electron chi connectivity index (χ0n) is 17.5. The van der Waals surface area contributed by atoms with Crippen LogP contribution < -0.4 is 10.1 Å². The van der Waals surface area contributed by atoms with Crippen LogP contribution in [0.5, 0.6) is 5.75 Å². The van der Waals surface area contributed by atoms with E-state index in [9.17, 15) is 4.79 Å². The Bertz CT molecular complexity index is 627. The van der Waals surface area contributed by atoms with Crippen LogP contribution in [0.4, 0.5) is 4.79 Å². The Balaban J connectivity index is 2.88. The lowest BCUT2D eigenvalue weighted by Gasteiger charge is -2.37. The first-order chi connectivity index (χ1) is 12.2. The summed E-state index contributed by atoms with van der Waals surface area (Å²) in [7, 11) is 0.274. The maximum Gasteiger partial charge on any atom is 0.408 e. The third-order valence-electron chi connectivity index (χ3n) is 3.25. The number of pyridine rings is 1. The number of hydrogen-bond donors (Lipinski definition) is 1. The number of carbonyl (C=O) groups excluding carboxylic acids is 1. The molecule has 0 aliphatic carbocycles. The summed E-state index contributed by atoms with van der Waals surface area (Å²) in [6.07, 6.45) is 2.81. The fraction of sp³-hybridized carbons (Fsp3) is 0.684. The van der Waals surface area contributed by atoms with Crippen molar-refractivity contribution in [2.24, 2.45) is 0 Å². The van der Waals surface area contributed by atoms with Crippen LogP contribution in [0.3, 0.4) is 0 Å². The van der Waals surface area contributed by atoms with Gasteiger partial charge in [0.15, 0.2) is 0 Å². The highest BCUT2D eigenvalue weighted by molar-refractivity contribution is 9.10. The SMILES string of the molecule is CC(C)(C)OC(=O)N[C@H](COc1cncc(Br)c1)C(C)(C)O[Si]C(C)(C)C. The van der Waals surface area contributed by atoms with E-state index in [1.165, 1.54) is 0 Å². The third-order valence-corrected chi connectivity index (χ3v) is 4.92. The molecular weight excluding hydrogens is 428 g/mol. The van der Waals surface area contributed by atoms with Crippen molar-refractivity contribution in [2.75, 3.05) is 6.61 Å². The molecule has 0 spiro atoms. The Morgan fingerprint density at radius 1 is 1.19 bits per heavy atom. The molecule has 0 aliphatic heterocycles. The van der Waals surface area contributed by atoms with E-state index in [2.05, 4.69) is 47.0 Å². The Morgan fingerprint density at radius 2 is 1.81 bits per heavy atom. The first-order valence-electron chi connectivity index (χ1n) is 8.86. The minimum atomic E-state index is -0.651. The summed E-state index contributed by atoms with van der Waals surface area (Å²) in [6.45, 7) is 15.9. The highest BCUT2D eigenvalue weighted by Crippen LogP contribution is 2.26. The highest BCUT2D eigenvalue weighted by atomic mass is 79.9. The van der Waals surface area contributed by atoms with Crippen molar-refractivity contribution in [3.8, 4) is 5.75 Å². The lowest BCUT2D eigenvalue weighted by Crippen LogP contribution is -2.55. The molecular formula is C19H31BrN2O4Si. The van der Waals surface area contributed by atoms with Crippen LogP contribution in [0.15, 0.2) is 22.9 Å². The van der Waals surface area contributed by atoms with Crippen molar-refractivity contribution in [3.05, 3.63) is 22.9 Å². The van der Waals surface area contributed by atoms with E-state index in [1.807, 2.05) is 40.7 Å². The van der Waals surface area contributed by atoms with E-state index in [0.717, 1.165) is 4.47 Å². The second-order valence-corrected chi connectivity index (χ2v) is 11.7. The summed E-state index contributed by atoms with van der Waals surface area (Å²) >= 11 is 3.37. The van der Waals surface area contributed by atoms with Gasteiger partial charge in [0.2, 0.25) is 9.76 Å². The average molecular weight is 459 g/mol. The molecule has 0 fully saturated rings. The van der Waals surface area contributed by atoms with Crippen molar-refractivity contribution in [2.45, 2.75) is 77.7 Å². The van der Waals surface area contributed by atoms with Crippen molar-refractivity contribution in [1.29, 1.82) is 0 Å². The maximum atomic E-state index is 12.3. The van der Waals surface area contributed by atoms with Gasteiger partial charge in [-0.05, 0) is 61.7 Å². The van der Waals surface area contributed by atoms with Gasteiger partial charge in [0, 0.05) is 10.7 Å². The quantitative estimate of drug-likeness (QED) is 0.596. The molecule has 0 unspecified atom stereocenters. The van der Waals surface area contributed by atoms with Gasteiger partial charge in [-0.1, -0.05) is 20.8 Å². The molecule has 1 aromatic heterocycles. The number of nitrogens with one attached hydrogen (secondary N) is 1. The van der Waals surface area contributed by atoms with E-state index in [0.29, 0.717) is 5.75 Å². The van der Waals surface area contributed by atoms with E-state index in [4.69, 9.17) is 13.9 Å². The topological polar surface area (TPSA) is 69.7 Å². The summed E-state index contributed by atoms with van der Waals surface area (Å²) in [5.41, 5.74) is -1.23. The molecule has 1 aromatic rings. The largest absolute Gasteiger partial charge is 0.490 e. The van der Waals surface area contributed by atoms with Gasteiger partial charge in [-0.25, -0.2) is 4.79 Å². The lowest BCUT2D eigenvalue weighted by molar-refractivity contribution is 0.0182. The zero-order chi connectivity index (χ0) is 20.9. The molecule has 1 heterocycles. The van der Waals surface area contributed by atoms with Gasteiger partial charge in [-0.15, -0.1) is 0 Å². The second kappa shape index (κ2) is 9.38. The predicted octanol–water partition coefficient (Wildman–Crippen LogP) is 4.75. The molecule has 8 heteroatoms. The van der Waals surface area contributed by atoms with Gasteiger partial charge in [0.25, 0.3) is 0 Å². The van der Waals surface area contributed by atoms with Crippen LogP contribution in [0.2, 0.25) is 5.04 Å². The Hall–Kier alpha value is -1.12. The predicted molar refractivity (Wildman–Crippen MR) is 111 cm³/mol. The molecule has 0 saturated carbocycles. The Morgan fingerprint density at radius 3 is 2.33 bits per heavy atom. The third kappa shape index (κ3) is 10.1. The monoisotopic (exact) mass is 458 g/mol. The summed E-state index contributed by atoms with van der Waals surface area (Å²) in [4.78, 5) is 16.4. The molecule has 2 radical (unpaired) electrons. The molecule has 1 rings (SSSR count). The van der Waals surface area contributed by atoms with Gasteiger partial charge in [-0.2, -0.15) is 0 Å². The highest BCUT2D eigenvalue weighted by Gasteiger charge is 2.35. The number of ether oxygens (including phenoxy) is 2. The number of carbonyl (C=O) groups is 1. The molecule has 1 N–H and O–H groups in total.